The second kappa shape index (κ2) is 9.21. The van der Waals surface area contributed by atoms with Crippen LogP contribution in [0.4, 0.5) is 0 Å². The number of hydrogen-bond donors (Lipinski definition) is 1. The van der Waals surface area contributed by atoms with Gasteiger partial charge in [-0.15, -0.1) is 11.3 Å². The monoisotopic (exact) mass is 312 g/mol. The van der Waals surface area contributed by atoms with Crippen LogP contribution in [0.1, 0.15) is 64.2 Å². The minimum Gasteiger partial charge on any atom is -0.451 e. The third-order valence-corrected chi connectivity index (χ3v) is 4.87. The average molecular weight is 312 g/mol. The predicted molar refractivity (Wildman–Crippen MR) is 87.4 cm³/mol. The third kappa shape index (κ3) is 5.44. The quantitative estimate of drug-likeness (QED) is 0.647. The summed E-state index contributed by atoms with van der Waals surface area (Å²) in [7, 11) is 0. The van der Waals surface area contributed by atoms with Crippen LogP contribution >= 0.6 is 11.3 Å². The van der Waals surface area contributed by atoms with E-state index in [4.69, 9.17) is 4.74 Å². The highest BCUT2D eigenvalue weighted by atomic mass is 32.1. The maximum absolute atomic E-state index is 12.2. The summed E-state index contributed by atoms with van der Waals surface area (Å²) in [6.07, 6.45) is 5.07. The van der Waals surface area contributed by atoms with Crippen LogP contribution in [0.5, 0.6) is 0 Å². The van der Waals surface area contributed by atoms with Crippen LogP contribution in [-0.4, -0.2) is 17.7 Å². The van der Waals surface area contributed by atoms with Gasteiger partial charge in [-0.25, -0.2) is 0 Å². The molecule has 1 aromatic heterocycles. The first kappa shape index (κ1) is 18.2. The van der Waals surface area contributed by atoms with Crippen LogP contribution in [-0.2, 0) is 15.1 Å². The zero-order valence-corrected chi connectivity index (χ0v) is 14.2. The summed E-state index contributed by atoms with van der Waals surface area (Å²) in [5, 5.41) is 11.8. The van der Waals surface area contributed by atoms with Crippen molar-refractivity contribution in [1.29, 1.82) is 0 Å². The Balaban J connectivity index is 2.67. The normalized spacial score (nSPS) is 15.4. The predicted octanol–water partition coefficient (Wildman–Crippen LogP) is 4.50. The summed E-state index contributed by atoms with van der Waals surface area (Å²) in [4.78, 5) is 13.1. The fourth-order valence-corrected chi connectivity index (χ4v) is 3.51. The number of carbonyl (C=O) groups excluding carboxylic acids is 1. The highest BCUT2D eigenvalue weighted by Gasteiger charge is 2.36. The summed E-state index contributed by atoms with van der Waals surface area (Å²) < 4.78 is 5.72. The largest absolute Gasteiger partial charge is 0.451 e. The van der Waals surface area contributed by atoms with Crippen molar-refractivity contribution in [2.45, 2.75) is 64.9 Å². The molecule has 1 N–H and O–H groups in total. The smallest absolute Gasteiger partial charge is 0.306 e. The Kier molecular flexibility index (Phi) is 7.97. The van der Waals surface area contributed by atoms with E-state index in [2.05, 4.69) is 13.8 Å². The number of aliphatic hydroxyl groups excluding tert-OH is 1. The van der Waals surface area contributed by atoms with Gasteiger partial charge in [-0.05, 0) is 30.2 Å². The molecule has 0 aliphatic rings. The molecule has 0 aliphatic heterocycles. The van der Waals surface area contributed by atoms with Gasteiger partial charge in [0.2, 0.25) is 0 Å². The first-order valence-corrected chi connectivity index (χ1v) is 8.82. The summed E-state index contributed by atoms with van der Waals surface area (Å²) >= 11 is 1.53. The van der Waals surface area contributed by atoms with Gasteiger partial charge in [-0.3, -0.25) is 4.79 Å². The maximum Gasteiger partial charge on any atom is 0.306 e. The van der Waals surface area contributed by atoms with Gasteiger partial charge in [0.25, 0.3) is 0 Å². The second-order valence-electron chi connectivity index (χ2n) is 5.79. The van der Waals surface area contributed by atoms with E-state index >= 15 is 0 Å². The highest BCUT2D eigenvalue weighted by Crippen LogP contribution is 2.34. The zero-order chi connectivity index (χ0) is 15.7. The molecule has 0 bridgehead atoms. The van der Waals surface area contributed by atoms with E-state index in [-0.39, 0.29) is 12.6 Å². The number of rotatable bonds is 10. The molecule has 0 spiro atoms. The van der Waals surface area contributed by atoms with E-state index in [9.17, 15) is 9.90 Å². The Morgan fingerprint density at radius 3 is 2.67 bits per heavy atom. The number of hydrogen-bond acceptors (Lipinski definition) is 4. The Labute approximate surface area is 132 Å². The number of esters is 1. The first-order chi connectivity index (χ1) is 10.1. The van der Waals surface area contributed by atoms with Crippen molar-refractivity contribution in [1.82, 2.24) is 0 Å². The number of aliphatic hydroxyl groups is 1. The Morgan fingerprint density at radius 2 is 2.14 bits per heavy atom. The van der Waals surface area contributed by atoms with Crippen molar-refractivity contribution in [3.05, 3.63) is 22.4 Å². The molecule has 21 heavy (non-hydrogen) atoms. The molecule has 0 aromatic carbocycles. The number of carbonyl (C=O) groups is 1. The van der Waals surface area contributed by atoms with Gasteiger partial charge in [0.05, 0.1) is 11.5 Å². The van der Waals surface area contributed by atoms with Gasteiger partial charge in [-0.1, -0.05) is 46.1 Å². The van der Waals surface area contributed by atoms with Gasteiger partial charge < -0.3 is 9.84 Å². The summed E-state index contributed by atoms with van der Waals surface area (Å²) in [6.45, 7) is 6.21. The van der Waals surface area contributed by atoms with E-state index in [0.717, 1.165) is 30.6 Å². The zero-order valence-electron chi connectivity index (χ0n) is 13.4. The van der Waals surface area contributed by atoms with Crippen LogP contribution in [0, 0.1) is 5.92 Å². The van der Waals surface area contributed by atoms with Crippen molar-refractivity contribution >= 4 is 17.3 Å². The lowest BCUT2D eigenvalue weighted by Gasteiger charge is -2.30. The molecule has 0 fully saturated rings. The third-order valence-electron chi connectivity index (χ3n) is 3.81. The summed E-state index contributed by atoms with van der Waals surface area (Å²) in [5.74, 6) is 0.341. The van der Waals surface area contributed by atoms with Crippen LogP contribution in [0.25, 0.3) is 0 Å². The molecule has 0 radical (unpaired) electrons. The Morgan fingerprint density at radius 1 is 1.38 bits per heavy atom. The van der Waals surface area contributed by atoms with E-state index in [1.807, 2.05) is 24.4 Å². The van der Waals surface area contributed by atoms with Gasteiger partial charge in [0.15, 0.2) is 5.60 Å². The molecule has 1 aromatic rings. The molecule has 2 atom stereocenters. The van der Waals surface area contributed by atoms with Crippen LogP contribution in [0.3, 0.4) is 0 Å². The molecule has 0 aliphatic carbocycles. The van der Waals surface area contributed by atoms with Crippen molar-refractivity contribution in [3.63, 3.8) is 0 Å². The standard InChI is InChI=1S/C17H28O3S/c1-4-7-14(3)9-10-16(19)20-17(13-18,11-5-2)15-8-6-12-21-15/h6,8,12,14,18H,4-5,7,9-11,13H2,1-3H3. The minimum absolute atomic E-state index is 0.155. The highest BCUT2D eigenvalue weighted by molar-refractivity contribution is 7.10. The molecule has 120 valence electrons. The maximum atomic E-state index is 12.2. The molecule has 3 nitrogen and oxygen atoms in total. The molecule has 1 rings (SSSR count). The molecule has 0 saturated heterocycles. The van der Waals surface area contributed by atoms with E-state index < -0.39 is 5.60 Å². The lowest BCUT2D eigenvalue weighted by atomic mass is 9.96. The van der Waals surface area contributed by atoms with Crippen LogP contribution in [0.15, 0.2) is 17.5 Å². The molecule has 4 heteroatoms. The minimum atomic E-state index is -0.853. The van der Waals surface area contributed by atoms with Crippen LogP contribution in [0.2, 0.25) is 0 Å². The summed E-state index contributed by atoms with van der Waals surface area (Å²) in [6, 6.07) is 3.86. The van der Waals surface area contributed by atoms with Gasteiger partial charge >= 0.3 is 5.97 Å². The van der Waals surface area contributed by atoms with E-state index in [1.165, 1.54) is 11.3 Å². The molecule has 2 unspecified atom stereocenters. The van der Waals surface area contributed by atoms with Gasteiger partial charge in [0, 0.05) is 6.42 Å². The SMILES string of the molecule is CCCC(C)CCC(=O)OC(CO)(CCC)c1cccs1. The fourth-order valence-electron chi connectivity index (χ4n) is 2.63. The van der Waals surface area contributed by atoms with Crippen molar-refractivity contribution in [2.24, 2.45) is 5.92 Å². The lowest BCUT2D eigenvalue weighted by molar-refractivity contribution is -0.167. The topological polar surface area (TPSA) is 46.5 Å². The first-order valence-electron chi connectivity index (χ1n) is 7.94. The van der Waals surface area contributed by atoms with E-state index in [1.54, 1.807) is 0 Å². The molecule has 0 amide bonds. The van der Waals surface area contributed by atoms with Gasteiger partial charge in [0.1, 0.15) is 0 Å². The average Bonchev–Trinajstić information content (AvgIpc) is 2.99. The molecular formula is C17H28O3S. The van der Waals surface area contributed by atoms with Crippen LogP contribution < -0.4 is 0 Å². The molecule has 1 heterocycles. The number of thiophene rings is 1. The Hall–Kier alpha value is -0.870. The summed E-state index contributed by atoms with van der Waals surface area (Å²) in [5.41, 5.74) is -0.853. The van der Waals surface area contributed by atoms with Crippen molar-refractivity contribution < 1.29 is 14.6 Å². The molecular weight excluding hydrogens is 284 g/mol. The number of ether oxygens (including phenoxy) is 1. The van der Waals surface area contributed by atoms with Gasteiger partial charge in [-0.2, -0.15) is 0 Å². The second-order valence-corrected chi connectivity index (χ2v) is 6.73. The Bertz CT molecular complexity index is 402. The fraction of sp³-hybridized carbons (Fsp3) is 0.706. The molecule has 0 saturated carbocycles. The lowest BCUT2D eigenvalue weighted by Crippen LogP contribution is -2.35. The van der Waals surface area contributed by atoms with Crippen molar-refractivity contribution in [2.75, 3.05) is 6.61 Å². The van der Waals surface area contributed by atoms with E-state index in [0.29, 0.717) is 18.8 Å². The van der Waals surface area contributed by atoms with Crippen molar-refractivity contribution in [3.8, 4) is 0 Å².